The Morgan fingerprint density at radius 1 is 1.33 bits per heavy atom. The van der Waals surface area contributed by atoms with Crippen LogP contribution in [0.1, 0.15) is 11.1 Å². The minimum atomic E-state index is -0.231. The highest BCUT2D eigenvalue weighted by atomic mass is 16.2. The van der Waals surface area contributed by atoms with E-state index in [0.29, 0.717) is 6.54 Å². The van der Waals surface area contributed by atoms with Crippen LogP contribution in [0.15, 0.2) is 18.2 Å². The number of hydrogen-bond acceptors (Lipinski definition) is 3. The second-order valence-corrected chi connectivity index (χ2v) is 4.99. The number of piperazine rings is 1. The van der Waals surface area contributed by atoms with Crippen LogP contribution in [0.2, 0.25) is 0 Å². The van der Waals surface area contributed by atoms with Crippen LogP contribution in [0.3, 0.4) is 0 Å². The summed E-state index contributed by atoms with van der Waals surface area (Å²) < 4.78 is 0. The predicted molar refractivity (Wildman–Crippen MR) is 73.7 cm³/mol. The van der Waals surface area contributed by atoms with Gasteiger partial charge in [-0.25, -0.2) is 0 Å². The van der Waals surface area contributed by atoms with Gasteiger partial charge in [0.15, 0.2) is 0 Å². The van der Waals surface area contributed by atoms with Gasteiger partial charge in [-0.05, 0) is 25.5 Å². The van der Waals surface area contributed by atoms with E-state index in [-0.39, 0.29) is 11.9 Å². The summed E-state index contributed by atoms with van der Waals surface area (Å²) in [7, 11) is 1.84. The van der Waals surface area contributed by atoms with E-state index in [1.54, 1.807) is 4.90 Å². The van der Waals surface area contributed by atoms with Crippen LogP contribution in [0.4, 0.5) is 5.69 Å². The molecule has 2 N–H and O–H groups in total. The van der Waals surface area contributed by atoms with Crippen LogP contribution in [0, 0.1) is 13.8 Å². The summed E-state index contributed by atoms with van der Waals surface area (Å²) in [6.07, 6.45) is 0. The summed E-state index contributed by atoms with van der Waals surface area (Å²) in [5.74, 6) is 0.115. The maximum absolute atomic E-state index is 12.1. The van der Waals surface area contributed by atoms with Gasteiger partial charge in [-0.1, -0.05) is 17.7 Å². The lowest BCUT2D eigenvalue weighted by molar-refractivity contribution is -0.132. The predicted octanol–water partition coefficient (Wildman–Crippen LogP) is 0.909. The highest BCUT2D eigenvalue weighted by molar-refractivity contribution is 5.87. The normalized spacial score (nSPS) is 20.4. The molecule has 0 radical (unpaired) electrons. The third-order valence-corrected chi connectivity index (χ3v) is 3.60. The Morgan fingerprint density at radius 3 is 2.67 bits per heavy atom. The molecule has 1 amide bonds. The number of nitrogens with zero attached hydrogens (tertiary/aromatic N) is 2. The molecule has 98 valence electrons. The van der Waals surface area contributed by atoms with Gasteiger partial charge in [-0.3, -0.25) is 4.79 Å². The zero-order valence-electron chi connectivity index (χ0n) is 11.3. The minimum Gasteiger partial charge on any atom is -0.356 e. The first-order chi connectivity index (χ1) is 8.54. The van der Waals surface area contributed by atoms with Crippen molar-refractivity contribution < 1.29 is 4.79 Å². The summed E-state index contributed by atoms with van der Waals surface area (Å²) in [6, 6.07) is 6.08. The van der Waals surface area contributed by atoms with E-state index in [2.05, 4.69) is 36.9 Å². The summed E-state index contributed by atoms with van der Waals surface area (Å²) >= 11 is 0. The number of benzene rings is 1. The van der Waals surface area contributed by atoms with Crippen molar-refractivity contribution in [3.63, 3.8) is 0 Å². The summed E-state index contributed by atoms with van der Waals surface area (Å²) in [5, 5.41) is 0. The average molecular weight is 247 g/mol. The van der Waals surface area contributed by atoms with E-state index in [0.717, 1.165) is 18.8 Å². The van der Waals surface area contributed by atoms with Crippen molar-refractivity contribution in [3.05, 3.63) is 29.3 Å². The molecular weight excluding hydrogens is 226 g/mol. The van der Waals surface area contributed by atoms with Crippen molar-refractivity contribution in [1.82, 2.24) is 4.90 Å². The van der Waals surface area contributed by atoms with Crippen molar-refractivity contribution in [3.8, 4) is 0 Å². The first kappa shape index (κ1) is 12.9. The number of anilines is 1. The quantitative estimate of drug-likeness (QED) is 0.845. The molecule has 1 heterocycles. The molecule has 1 aliphatic rings. The fraction of sp³-hybridized carbons (Fsp3) is 0.500. The van der Waals surface area contributed by atoms with E-state index >= 15 is 0 Å². The van der Waals surface area contributed by atoms with Crippen LogP contribution in [0.5, 0.6) is 0 Å². The molecule has 2 rings (SSSR count). The van der Waals surface area contributed by atoms with Crippen LogP contribution in [-0.2, 0) is 4.79 Å². The van der Waals surface area contributed by atoms with E-state index in [1.807, 2.05) is 7.05 Å². The molecule has 1 saturated heterocycles. The Kier molecular flexibility index (Phi) is 3.57. The Hall–Kier alpha value is -1.55. The molecular formula is C14H21N3O. The number of rotatable bonds is 2. The highest BCUT2D eigenvalue weighted by Crippen LogP contribution is 2.25. The fourth-order valence-electron chi connectivity index (χ4n) is 2.56. The van der Waals surface area contributed by atoms with Gasteiger partial charge >= 0.3 is 0 Å². The Morgan fingerprint density at radius 2 is 2.06 bits per heavy atom. The van der Waals surface area contributed by atoms with Crippen LogP contribution in [-0.4, -0.2) is 43.5 Å². The summed E-state index contributed by atoms with van der Waals surface area (Å²) in [5.41, 5.74) is 9.33. The first-order valence-electron chi connectivity index (χ1n) is 6.33. The van der Waals surface area contributed by atoms with Gasteiger partial charge in [0.25, 0.3) is 0 Å². The van der Waals surface area contributed by atoms with Crippen molar-refractivity contribution in [2.24, 2.45) is 5.73 Å². The molecule has 4 nitrogen and oxygen atoms in total. The number of carbonyl (C=O) groups is 1. The van der Waals surface area contributed by atoms with Crippen molar-refractivity contribution in [2.75, 3.05) is 31.6 Å². The molecule has 0 saturated carbocycles. The van der Waals surface area contributed by atoms with E-state index in [1.165, 1.54) is 11.1 Å². The van der Waals surface area contributed by atoms with Gasteiger partial charge in [0, 0.05) is 32.4 Å². The molecule has 1 fully saturated rings. The fourth-order valence-corrected chi connectivity index (χ4v) is 2.56. The largest absolute Gasteiger partial charge is 0.356 e. The van der Waals surface area contributed by atoms with Crippen molar-refractivity contribution in [2.45, 2.75) is 19.9 Å². The molecule has 0 aromatic heterocycles. The van der Waals surface area contributed by atoms with E-state index < -0.39 is 0 Å². The number of carbonyl (C=O) groups excluding carboxylic acids is 1. The molecule has 0 spiro atoms. The third kappa shape index (κ3) is 2.20. The van der Waals surface area contributed by atoms with Gasteiger partial charge in [-0.15, -0.1) is 0 Å². The van der Waals surface area contributed by atoms with E-state index in [9.17, 15) is 4.79 Å². The van der Waals surface area contributed by atoms with Crippen LogP contribution in [0.25, 0.3) is 0 Å². The number of aryl methyl sites for hydroxylation is 2. The number of nitrogens with two attached hydrogens (primary N) is 1. The smallest absolute Gasteiger partial charge is 0.246 e. The van der Waals surface area contributed by atoms with Crippen molar-refractivity contribution >= 4 is 11.6 Å². The Bertz CT molecular complexity index is 458. The number of hydrogen-bond donors (Lipinski definition) is 1. The van der Waals surface area contributed by atoms with Crippen molar-refractivity contribution in [1.29, 1.82) is 0 Å². The molecule has 4 heteroatoms. The first-order valence-corrected chi connectivity index (χ1v) is 6.33. The Labute approximate surface area is 108 Å². The zero-order chi connectivity index (χ0) is 13.3. The molecule has 1 atom stereocenters. The highest BCUT2D eigenvalue weighted by Gasteiger charge is 2.32. The zero-order valence-corrected chi connectivity index (χ0v) is 11.3. The molecule has 1 aromatic rings. The van der Waals surface area contributed by atoms with Crippen LogP contribution < -0.4 is 10.6 Å². The van der Waals surface area contributed by atoms with Gasteiger partial charge in [0.2, 0.25) is 5.91 Å². The SMILES string of the molecule is Cc1ccc(N2CCN(C)C(=O)C2CN)c(C)c1. The lowest BCUT2D eigenvalue weighted by atomic mass is 10.1. The third-order valence-electron chi connectivity index (χ3n) is 3.60. The van der Waals surface area contributed by atoms with Gasteiger partial charge in [0.1, 0.15) is 6.04 Å². The number of likely N-dealkylation sites (N-methyl/N-ethyl adjacent to an activating group) is 1. The van der Waals surface area contributed by atoms with Gasteiger partial charge < -0.3 is 15.5 Å². The monoisotopic (exact) mass is 247 g/mol. The molecule has 18 heavy (non-hydrogen) atoms. The van der Waals surface area contributed by atoms with Gasteiger partial charge in [-0.2, -0.15) is 0 Å². The minimum absolute atomic E-state index is 0.115. The van der Waals surface area contributed by atoms with Crippen LogP contribution >= 0.6 is 0 Å². The molecule has 1 unspecified atom stereocenters. The second-order valence-electron chi connectivity index (χ2n) is 4.99. The lowest BCUT2D eigenvalue weighted by Crippen LogP contribution is -2.58. The lowest BCUT2D eigenvalue weighted by Gasteiger charge is -2.40. The summed E-state index contributed by atoms with van der Waals surface area (Å²) in [6.45, 7) is 6.11. The maximum atomic E-state index is 12.1. The molecule has 1 aromatic carbocycles. The Balaban J connectivity index is 2.34. The molecule has 1 aliphatic heterocycles. The molecule has 0 aliphatic carbocycles. The molecule has 0 bridgehead atoms. The number of amides is 1. The standard InChI is InChI=1S/C14H21N3O/c1-10-4-5-12(11(2)8-10)17-7-6-16(3)14(18)13(17)9-15/h4-5,8,13H,6-7,9,15H2,1-3H3. The summed E-state index contributed by atoms with van der Waals surface area (Å²) in [4.78, 5) is 16.0. The van der Waals surface area contributed by atoms with Gasteiger partial charge in [0.05, 0.1) is 0 Å². The second kappa shape index (κ2) is 4.98. The topological polar surface area (TPSA) is 49.6 Å². The van der Waals surface area contributed by atoms with E-state index in [4.69, 9.17) is 5.73 Å². The average Bonchev–Trinajstić information content (AvgIpc) is 2.33. The maximum Gasteiger partial charge on any atom is 0.246 e.